The third-order valence-electron chi connectivity index (χ3n) is 3.68. The quantitative estimate of drug-likeness (QED) is 0.726. The second-order valence-electron chi connectivity index (χ2n) is 4.55. The molecule has 3 nitrogen and oxygen atoms in total. The third kappa shape index (κ3) is 1.53. The van der Waals surface area contributed by atoms with Crippen LogP contribution in [0.2, 0.25) is 0 Å². The lowest BCUT2D eigenvalue weighted by atomic mass is 9.80. The minimum Gasteiger partial charge on any atom is -0.303 e. The van der Waals surface area contributed by atoms with E-state index in [0.717, 1.165) is 32.5 Å². The van der Waals surface area contributed by atoms with Gasteiger partial charge in [-0.15, -0.1) is 0 Å². The van der Waals surface area contributed by atoms with Crippen molar-refractivity contribution in [2.75, 3.05) is 26.2 Å². The molecule has 0 spiro atoms. The first-order chi connectivity index (χ1) is 6.80. The molecule has 2 fully saturated rings. The van der Waals surface area contributed by atoms with Gasteiger partial charge in [-0.05, 0) is 32.4 Å². The van der Waals surface area contributed by atoms with Gasteiger partial charge in [-0.2, -0.15) is 5.26 Å². The largest absolute Gasteiger partial charge is 0.303 e. The Hall–Kier alpha value is -0.590. The van der Waals surface area contributed by atoms with Gasteiger partial charge in [-0.25, -0.2) is 0 Å². The van der Waals surface area contributed by atoms with Gasteiger partial charge < -0.3 is 4.90 Å². The normalized spacial score (nSPS) is 40.9. The standard InChI is InChI=1S/C11H19N3/c1-2-5-13-11(9-12)4-7-14-6-3-10(11)8-14/h10,13H,2-8H2,1H3. The van der Waals surface area contributed by atoms with Gasteiger partial charge in [0.15, 0.2) is 0 Å². The van der Waals surface area contributed by atoms with E-state index in [1.807, 2.05) is 0 Å². The van der Waals surface area contributed by atoms with Crippen molar-refractivity contribution in [3.63, 3.8) is 0 Å². The Balaban J connectivity index is 2.07. The predicted molar refractivity (Wildman–Crippen MR) is 55.8 cm³/mol. The number of rotatable bonds is 3. The number of hydrogen-bond donors (Lipinski definition) is 1. The minimum atomic E-state index is -0.205. The number of hydrogen-bond acceptors (Lipinski definition) is 3. The zero-order chi connectivity index (χ0) is 10.0. The average Bonchev–Trinajstić information content (AvgIpc) is 2.63. The molecule has 2 heterocycles. The maximum atomic E-state index is 9.36. The summed E-state index contributed by atoms with van der Waals surface area (Å²) < 4.78 is 0. The lowest BCUT2D eigenvalue weighted by molar-refractivity contribution is 0.175. The monoisotopic (exact) mass is 193 g/mol. The van der Waals surface area contributed by atoms with Crippen molar-refractivity contribution in [1.29, 1.82) is 5.26 Å². The van der Waals surface area contributed by atoms with Crippen molar-refractivity contribution in [2.24, 2.45) is 5.92 Å². The van der Waals surface area contributed by atoms with Crippen LogP contribution in [0.4, 0.5) is 0 Å². The van der Waals surface area contributed by atoms with Crippen LogP contribution in [-0.2, 0) is 0 Å². The van der Waals surface area contributed by atoms with Gasteiger partial charge in [0.05, 0.1) is 6.07 Å². The van der Waals surface area contributed by atoms with E-state index in [4.69, 9.17) is 0 Å². The van der Waals surface area contributed by atoms with Crippen LogP contribution in [0.5, 0.6) is 0 Å². The SMILES string of the molecule is CCCNC1(C#N)CCN2CCC1C2. The second-order valence-corrected chi connectivity index (χ2v) is 4.55. The van der Waals surface area contributed by atoms with Gasteiger partial charge in [-0.3, -0.25) is 5.32 Å². The predicted octanol–water partition coefficient (Wildman–Crippen LogP) is 0.974. The summed E-state index contributed by atoms with van der Waals surface area (Å²) in [6.45, 7) is 6.55. The number of piperidine rings is 1. The van der Waals surface area contributed by atoms with Crippen molar-refractivity contribution in [3.05, 3.63) is 0 Å². The lowest BCUT2D eigenvalue weighted by Crippen LogP contribution is -2.55. The van der Waals surface area contributed by atoms with Crippen molar-refractivity contribution in [3.8, 4) is 6.07 Å². The molecule has 2 bridgehead atoms. The highest BCUT2D eigenvalue weighted by Gasteiger charge is 2.45. The molecule has 3 atom stereocenters. The first-order valence-electron chi connectivity index (χ1n) is 5.69. The van der Waals surface area contributed by atoms with Gasteiger partial charge in [0.2, 0.25) is 0 Å². The Labute approximate surface area is 86.1 Å². The van der Waals surface area contributed by atoms with Crippen LogP contribution in [0.1, 0.15) is 26.2 Å². The van der Waals surface area contributed by atoms with Crippen LogP contribution in [-0.4, -0.2) is 36.6 Å². The van der Waals surface area contributed by atoms with E-state index in [1.54, 1.807) is 0 Å². The molecule has 0 aliphatic carbocycles. The molecule has 78 valence electrons. The molecule has 3 heteroatoms. The van der Waals surface area contributed by atoms with E-state index in [0.29, 0.717) is 5.92 Å². The molecule has 14 heavy (non-hydrogen) atoms. The number of nitrogens with one attached hydrogen (secondary N) is 1. The van der Waals surface area contributed by atoms with Crippen molar-refractivity contribution >= 4 is 0 Å². The van der Waals surface area contributed by atoms with Crippen LogP contribution in [0.25, 0.3) is 0 Å². The summed E-state index contributed by atoms with van der Waals surface area (Å²) in [5.41, 5.74) is -0.205. The molecule has 2 saturated heterocycles. The number of nitriles is 1. The summed E-state index contributed by atoms with van der Waals surface area (Å²) >= 11 is 0. The van der Waals surface area contributed by atoms with Crippen LogP contribution < -0.4 is 5.32 Å². The fourth-order valence-corrected chi connectivity index (χ4v) is 2.74. The Kier molecular flexibility index (Phi) is 2.76. The molecule has 3 unspecified atom stereocenters. The Morgan fingerprint density at radius 1 is 1.57 bits per heavy atom. The summed E-state index contributed by atoms with van der Waals surface area (Å²) in [6.07, 6.45) is 3.32. The highest BCUT2D eigenvalue weighted by Crippen LogP contribution is 2.35. The second kappa shape index (κ2) is 3.88. The summed E-state index contributed by atoms with van der Waals surface area (Å²) in [7, 11) is 0. The van der Waals surface area contributed by atoms with Crippen LogP contribution in [0.15, 0.2) is 0 Å². The Morgan fingerprint density at radius 2 is 2.43 bits per heavy atom. The van der Waals surface area contributed by atoms with E-state index in [9.17, 15) is 5.26 Å². The minimum absolute atomic E-state index is 0.205. The summed E-state index contributed by atoms with van der Waals surface area (Å²) in [6, 6.07) is 2.54. The smallest absolute Gasteiger partial charge is 0.112 e. The molecule has 1 N–H and O–H groups in total. The molecular weight excluding hydrogens is 174 g/mol. The summed E-state index contributed by atoms with van der Waals surface area (Å²) in [5.74, 6) is 0.563. The molecular formula is C11H19N3. The first-order valence-corrected chi connectivity index (χ1v) is 5.69. The molecule has 0 aromatic carbocycles. The van der Waals surface area contributed by atoms with Crippen molar-refractivity contribution < 1.29 is 0 Å². The van der Waals surface area contributed by atoms with Crippen molar-refractivity contribution in [1.82, 2.24) is 10.2 Å². The highest BCUT2D eigenvalue weighted by molar-refractivity contribution is 5.15. The average molecular weight is 193 g/mol. The summed E-state index contributed by atoms with van der Waals surface area (Å²) in [5, 5.41) is 12.8. The Morgan fingerprint density at radius 3 is 3.14 bits per heavy atom. The van der Waals surface area contributed by atoms with Crippen LogP contribution >= 0.6 is 0 Å². The first kappa shape index (κ1) is 9.95. The molecule has 0 saturated carbocycles. The van der Waals surface area contributed by atoms with Gasteiger partial charge in [0, 0.05) is 19.0 Å². The van der Waals surface area contributed by atoms with E-state index < -0.39 is 0 Å². The number of fused-ring (bicyclic) bond motifs is 2. The zero-order valence-electron chi connectivity index (χ0n) is 8.92. The molecule has 2 aliphatic rings. The Bertz CT molecular complexity index is 245. The molecule has 2 aliphatic heterocycles. The van der Waals surface area contributed by atoms with Crippen LogP contribution in [0, 0.1) is 17.2 Å². The van der Waals surface area contributed by atoms with Crippen LogP contribution in [0.3, 0.4) is 0 Å². The van der Waals surface area contributed by atoms with Gasteiger partial charge in [0.25, 0.3) is 0 Å². The summed E-state index contributed by atoms with van der Waals surface area (Å²) in [4.78, 5) is 2.48. The van der Waals surface area contributed by atoms with E-state index in [1.165, 1.54) is 13.0 Å². The number of nitrogens with zero attached hydrogens (tertiary/aromatic N) is 2. The molecule has 0 radical (unpaired) electrons. The van der Waals surface area contributed by atoms with E-state index in [-0.39, 0.29) is 5.54 Å². The van der Waals surface area contributed by atoms with E-state index in [2.05, 4.69) is 23.2 Å². The van der Waals surface area contributed by atoms with E-state index >= 15 is 0 Å². The molecule has 0 amide bonds. The maximum Gasteiger partial charge on any atom is 0.112 e. The highest BCUT2D eigenvalue weighted by atomic mass is 15.2. The fraction of sp³-hybridized carbons (Fsp3) is 0.909. The maximum absolute atomic E-state index is 9.36. The lowest BCUT2D eigenvalue weighted by Gasteiger charge is -2.38. The molecule has 2 rings (SSSR count). The third-order valence-corrected chi connectivity index (χ3v) is 3.68. The van der Waals surface area contributed by atoms with Crippen molar-refractivity contribution in [2.45, 2.75) is 31.7 Å². The van der Waals surface area contributed by atoms with Gasteiger partial charge >= 0.3 is 0 Å². The fourth-order valence-electron chi connectivity index (χ4n) is 2.74. The van der Waals surface area contributed by atoms with Gasteiger partial charge in [-0.1, -0.05) is 6.92 Å². The zero-order valence-corrected chi connectivity index (χ0v) is 8.92. The topological polar surface area (TPSA) is 39.1 Å². The molecule has 0 aromatic rings. The molecule has 0 aromatic heterocycles. The van der Waals surface area contributed by atoms with Gasteiger partial charge in [0.1, 0.15) is 5.54 Å².